The quantitative estimate of drug-likeness (QED) is 0.133. The van der Waals surface area contributed by atoms with Crippen LogP contribution in [0.1, 0.15) is 48.0 Å². The summed E-state index contributed by atoms with van der Waals surface area (Å²) in [4.78, 5) is 27.4. The standard InChI is InChI=1S/C38H43N5O6/c1-2-39-38(45)40-24-31-5-3-4-6-35(31)28-11-13-30(14-12-28)37-48-34(23-36(49-37)29-9-7-27(26-44)8-10-29)25-41-19-21-42(22-20-41)32-15-17-33(18-16-32)43(46)47/h3-18,34,36-37,44H,2,19-26H2,1H3,(H2,39,40,45)/t34-,36+,37+/m1/s1. The molecule has 0 aromatic heterocycles. The minimum atomic E-state index is -0.564. The number of nitro groups is 1. The number of hydrogen-bond donors (Lipinski definition) is 3. The zero-order chi connectivity index (χ0) is 34.2. The number of ether oxygens (including phenoxy) is 2. The van der Waals surface area contributed by atoms with Crippen LogP contribution in [0.25, 0.3) is 11.1 Å². The highest BCUT2D eigenvalue weighted by molar-refractivity contribution is 5.74. The molecular weight excluding hydrogens is 622 g/mol. The number of nitrogens with zero attached hydrogens (tertiary/aromatic N) is 3. The Hall–Kier alpha value is -4.81. The first-order chi connectivity index (χ1) is 23.9. The van der Waals surface area contributed by atoms with Gasteiger partial charge in [-0.1, -0.05) is 72.8 Å². The fourth-order valence-corrected chi connectivity index (χ4v) is 6.47. The lowest BCUT2D eigenvalue weighted by Crippen LogP contribution is -2.49. The van der Waals surface area contributed by atoms with E-state index in [0.29, 0.717) is 19.5 Å². The van der Waals surface area contributed by atoms with Crippen LogP contribution in [0.5, 0.6) is 0 Å². The van der Waals surface area contributed by atoms with Crippen LogP contribution >= 0.6 is 0 Å². The van der Waals surface area contributed by atoms with Gasteiger partial charge in [0.1, 0.15) is 0 Å². The number of benzene rings is 4. The largest absolute Gasteiger partial charge is 0.392 e. The molecule has 0 saturated carbocycles. The Morgan fingerprint density at radius 2 is 1.57 bits per heavy atom. The Labute approximate surface area is 286 Å². The maximum atomic E-state index is 12.0. The first-order valence-electron chi connectivity index (χ1n) is 16.8. The number of nitrogens with one attached hydrogen (secondary N) is 2. The minimum Gasteiger partial charge on any atom is -0.392 e. The summed E-state index contributed by atoms with van der Waals surface area (Å²) in [6.45, 7) is 6.95. The lowest BCUT2D eigenvalue weighted by Gasteiger charge is -2.41. The van der Waals surface area contributed by atoms with Crippen LogP contribution in [0.2, 0.25) is 0 Å². The molecule has 11 heteroatoms. The van der Waals surface area contributed by atoms with Crippen molar-refractivity contribution < 1.29 is 24.3 Å². The van der Waals surface area contributed by atoms with Gasteiger partial charge < -0.3 is 30.1 Å². The van der Waals surface area contributed by atoms with Gasteiger partial charge in [-0.15, -0.1) is 0 Å². The third-order valence-electron chi connectivity index (χ3n) is 9.16. The average molecular weight is 666 g/mol. The van der Waals surface area contributed by atoms with Gasteiger partial charge in [0.25, 0.3) is 5.69 Å². The Bertz CT molecular complexity index is 1690. The Morgan fingerprint density at radius 1 is 0.878 bits per heavy atom. The summed E-state index contributed by atoms with van der Waals surface area (Å²) >= 11 is 0. The van der Waals surface area contributed by atoms with Crippen molar-refractivity contribution in [3.63, 3.8) is 0 Å². The number of urea groups is 1. The van der Waals surface area contributed by atoms with E-state index in [1.165, 1.54) is 0 Å². The number of carbonyl (C=O) groups is 1. The first-order valence-corrected chi connectivity index (χ1v) is 16.8. The molecule has 2 heterocycles. The molecule has 2 saturated heterocycles. The van der Waals surface area contributed by atoms with Crippen molar-refractivity contribution in [2.45, 2.75) is 45.0 Å². The van der Waals surface area contributed by atoms with Crippen molar-refractivity contribution >= 4 is 17.4 Å². The van der Waals surface area contributed by atoms with Crippen LogP contribution in [0.3, 0.4) is 0 Å². The summed E-state index contributed by atoms with van der Waals surface area (Å²) in [5.74, 6) is 0. The first kappa shape index (κ1) is 34.1. The SMILES string of the molecule is CCNC(=O)NCc1ccccc1-c1ccc([C@H]2O[C@@H](CN3CCN(c4ccc([N+](=O)[O-])cc4)CC3)C[C@@H](c3ccc(CO)cc3)O2)cc1. The number of non-ortho nitro benzene ring substituents is 1. The fraction of sp³-hybridized carbons (Fsp3) is 0.342. The van der Waals surface area contributed by atoms with Crippen LogP contribution in [0.15, 0.2) is 97.1 Å². The number of aliphatic hydroxyl groups excluding tert-OH is 1. The van der Waals surface area contributed by atoms with E-state index in [1.54, 1.807) is 12.1 Å². The van der Waals surface area contributed by atoms with Crippen LogP contribution in [-0.2, 0) is 22.6 Å². The smallest absolute Gasteiger partial charge is 0.315 e. The molecule has 2 aliphatic rings. The molecule has 3 atom stereocenters. The van der Waals surface area contributed by atoms with Gasteiger partial charge in [-0.3, -0.25) is 15.0 Å². The molecule has 2 fully saturated rings. The van der Waals surface area contributed by atoms with E-state index in [2.05, 4.69) is 38.6 Å². The molecule has 0 unspecified atom stereocenters. The predicted octanol–water partition coefficient (Wildman–Crippen LogP) is 5.94. The van der Waals surface area contributed by atoms with Crippen LogP contribution in [0, 0.1) is 10.1 Å². The average Bonchev–Trinajstić information content (AvgIpc) is 3.14. The molecule has 4 aromatic carbocycles. The molecule has 0 spiro atoms. The maximum absolute atomic E-state index is 12.0. The number of rotatable bonds is 11. The topological polar surface area (TPSA) is 129 Å². The van der Waals surface area contributed by atoms with E-state index in [1.807, 2.05) is 73.7 Å². The summed E-state index contributed by atoms with van der Waals surface area (Å²) < 4.78 is 13.2. The van der Waals surface area contributed by atoms with E-state index in [-0.39, 0.29) is 35.5 Å². The maximum Gasteiger partial charge on any atom is 0.315 e. The molecule has 2 aliphatic heterocycles. The lowest BCUT2D eigenvalue weighted by molar-refractivity contribution is -0.384. The van der Waals surface area contributed by atoms with E-state index < -0.39 is 6.29 Å². The Balaban J connectivity index is 1.15. The number of amides is 2. The predicted molar refractivity (Wildman–Crippen MR) is 188 cm³/mol. The summed E-state index contributed by atoms with van der Waals surface area (Å²) in [5.41, 5.74) is 7.01. The molecular formula is C38H43N5O6. The lowest BCUT2D eigenvalue weighted by atomic mass is 9.97. The normalized spacial score (nSPS) is 19.7. The van der Waals surface area contributed by atoms with Crippen molar-refractivity contribution in [1.29, 1.82) is 0 Å². The van der Waals surface area contributed by atoms with Gasteiger partial charge in [0, 0.05) is 75.6 Å². The van der Waals surface area contributed by atoms with Gasteiger partial charge in [-0.25, -0.2) is 4.79 Å². The summed E-state index contributed by atoms with van der Waals surface area (Å²) in [7, 11) is 0. The Morgan fingerprint density at radius 3 is 2.24 bits per heavy atom. The number of hydrogen-bond acceptors (Lipinski definition) is 8. The van der Waals surface area contributed by atoms with Gasteiger partial charge in [-0.2, -0.15) is 0 Å². The second-order valence-electron chi connectivity index (χ2n) is 12.4. The van der Waals surface area contributed by atoms with E-state index >= 15 is 0 Å². The van der Waals surface area contributed by atoms with Gasteiger partial charge in [0.15, 0.2) is 6.29 Å². The summed E-state index contributed by atoms with van der Waals surface area (Å²) in [6.07, 6.45) is -0.125. The molecule has 2 amide bonds. The monoisotopic (exact) mass is 665 g/mol. The zero-order valence-electron chi connectivity index (χ0n) is 27.7. The van der Waals surface area contributed by atoms with Crippen molar-refractivity contribution in [3.05, 3.63) is 129 Å². The van der Waals surface area contributed by atoms with Crippen LogP contribution in [-0.4, -0.2) is 66.3 Å². The molecule has 256 valence electrons. The number of carbonyl (C=O) groups excluding carboxylic acids is 1. The molecule has 4 aromatic rings. The number of piperazine rings is 1. The highest BCUT2D eigenvalue weighted by atomic mass is 16.7. The summed E-state index contributed by atoms with van der Waals surface area (Å²) in [6, 6.07) is 30.7. The van der Waals surface area contributed by atoms with Gasteiger partial charge in [0.2, 0.25) is 0 Å². The highest BCUT2D eigenvalue weighted by Crippen LogP contribution is 2.39. The van der Waals surface area contributed by atoms with Crippen LogP contribution in [0.4, 0.5) is 16.2 Å². The van der Waals surface area contributed by atoms with Crippen molar-refractivity contribution in [1.82, 2.24) is 15.5 Å². The minimum absolute atomic E-state index is 0.0104. The fourth-order valence-electron chi connectivity index (χ4n) is 6.47. The highest BCUT2D eigenvalue weighted by Gasteiger charge is 2.34. The summed E-state index contributed by atoms with van der Waals surface area (Å²) in [5, 5.41) is 26.3. The molecule has 0 bridgehead atoms. The van der Waals surface area contributed by atoms with Crippen molar-refractivity contribution in [3.8, 4) is 11.1 Å². The number of aliphatic hydroxyl groups is 1. The zero-order valence-corrected chi connectivity index (χ0v) is 27.7. The van der Waals surface area contributed by atoms with Gasteiger partial charge >= 0.3 is 6.03 Å². The van der Waals surface area contributed by atoms with E-state index in [4.69, 9.17) is 9.47 Å². The molecule has 49 heavy (non-hydrogen) atoms. The van der Waals surface area contributed by atoms with E-state index in [0.717, 1.165) is 71.8 Å². The van der Waals surface area contributed by atoms with Gasteiger partial charge in [0.05, 0.1) is 23.7 Å². The molecule has 0 radical (unpaired) electrons. The molecule has 6 rings (SSSR count). The second kappa shape index (κ2) is 16.1. The molecule has 3 N–H and O–H groups in total. The number of nitro benzene ring substituents is 1. The third-order valence-corrected chi connectivity index (χ3v) is 9.16. The number of anilines is 1. The van der Waals surface area contributed by atoms with Crippen molar-refractivity contribution in [2.75, 3.05) is 44.2 Å². The third kappa shape index (κ3) is 8.62. The van der Waals surface area contributed by atoms with Crippen LogP contribution < -0.4 is 15.5 Å². The van der Waals surface area contributed by atoms with Gasteiger partial charge in [-0.05, 0) is 46.9 Å². The Kier molecular flexibility index (Phi) is 11.2. The molecule has 0 aliphatic carbocycles. The van der Waals surface area contributed by atoms with Crippen molar-refractivity contribution in [2.24, 2.45) is 0 Å². The molecule has 11 nitrogen and oxygen atoms in total. The van der Waals surface area contributed by atoms with E-state index in [9.17, 15) is 20.0 Å². The second-order valence-corrected chi connectivity index (χ2v) is 12.4.